The van der Waals surface area contributed by atoms with E-state index in [1.165, 1.54) is 25.5 Å². The predicted molar refractivity (Wildman–Crippen MR) is 73.6 cm³/mol. The monoisotopic (exact) mass is 219 g/mol. The van der Waals surface area contributed by atoms with Gasteiger partial charge in [0.1, 0.15) is 0 Å². The summed E-state index contributed by atoms with van der Waals surface area (Å²) in [6.07, 6.45) is 8.24. The van der Waals surface area contributed by atoms with E-state index in [9.17, 15) is 0 Å². The average molecular weight is 219 g/mol. The minimum Gasteiger partial charge on any atom is -0.333 e. The highest BCUT2D eigenvalue weighted by molar-refractivity contribution is 5.23. The van der Waals surface area contributed by atoms with Crippen LogP contribution >= 0.6 is 0 Å². The molecule has 2 N–H and O–H groups in total. The highest BCUT2D eigenvalue weighted by atomic mass is 14.4. The van der Waals surface area contributed by atoms with Gasteiger partial charge in [0.15, 0.2) is 0 Å². The van der Waals surface area contributed by atoms with Crippen molar-refractivity contribution in [2.45, 2.75) is 39.0 Å². The van der Waals surface area contributed by atoms with Crippen LogP contribution in [0, 0.1) is 0 Å². The van der Waals surface area contributed by atoms with Crippen molar-refractivity contribution >= 4 is 0 Å². The summed E-state index contributed by atoms with van der Waals surface area (Å²) in [5.41, 5.74) is 5.94. The number of hydrogen-bond acceptors (Lipinski definition) is 1. The van der Waals surface area contributed by atoms with Crippen LogP contribution in [0.2, 0.25) is 0 Å². The van der Waals surface area contributed by atoms with Gasteiger partial charge in [-0.1, -0.05) is 62.8 Å². The molecule has 0 aromatic heterocycles. The molecule has 0 amide bonds. The molecule has 0 fully saturated rings. The van der Waals surface area contributed by atoms with Crippen LogP contribution in [-0.2, 0) is 0 Å². The van der Waals surface area contributed by atoms with Crippen LogP contribution in [0.5, 0.6) is 0 Å². The number of hydrogen-bond donors (Lipinski definition) is 1. The zero-order chi connectivity index (χ0) is 12.2. The first kappa shape index (κ1) is 14.9. The third-order valence-electron chi connectivity index (χ3n) is 2.43. The first-order valence-corrected chi connectivity index (χ1v) is 6.17. The second-order valence-electron chi connectivity index (χ2n) is 3.64. The molecule has 1 atom stereocenters. The van der Waals surface area contributed by atoms with Gasteiger partial charge >= 0.3 is 0 Å². The fourth-order valence-corrected chi connectivity index (χ4v) is 1.69. The molecule has 0 saturated heterocycles. The fraction of sp³-hybridized carbons (Fsp3) is 0.467. The van der Waals surface area contributed by atoms with Crippen LogP contribution in [0.3, 0.4) is 0 Å². The molecule has 16 heavy (non-hydrogen) atoms. The first-order valence-electron chi connectivity index (χ1n) is 6.17. The molecule has 0 heterocycles. The highest BCUT2D eigenvalue weighted by Crippen LogP contribution is 2.22. The van der Waals surface area contributed by atoms with Crippen molar-refractivity contribution in [1.29, 1.82) is 0 Å². The Hall–Kier alpha value is -1.08. The van der Waals surface area contributed by atoms with E-state index in [1.54, 1.807) is 0 Å². The zero-order valence-corrected chi connectivity index (χ0v) is 10.8. The Morgan fingerprint density at radius 2 is 1.75 bits per heavy atom. The molecule has 1 rings (SSSR count). The normalized spacial score (nSPS) is 12.0. The van der Waals surface area contributed by atoms with E-state index < -0.39 is 0 Å². The van der Waals surface area contributed by atoms with E-state index in [1.807, 2.05) is 0 Å². The van der Waals surface area contributed by atoms with Gasteiger partial charge in [-0.2, -0.15) is 0 Å². The summed E-state index contributed by atoms with van der Waals surface area (Å²) in [4.78, 5) is 0. The molecule has 1 aromatic carbocycles. The van der Waals surface area contributed by atoms with Crippen LogP contribution in [0.25, 0.3) is 0 Å². The largest absolute Gasteiger partial charge is 0.333 e. The van der Waals surface area contributed by atoms with E-state index in [0.29, 0.717) is 5.92 Å². The smallest absolute Gasteiger partial charge is 0.00178 e. The maximum Gasteiger partial charge on any atom is 0.00178 e. The maximum atomic E-state index is 4.50. The van der Waals surface area contributed by atoms with Crippen LogP contribution in [0.15, 0.2) is 42.5 Å². The highest BCUT2D eigenvalue weighted by Gasteiger charge is 2.04. The van der Waals surface area contributed by atoms with Crippen LogP contribution in [-0.4, -0.2) is 7.05 Å². The van der Waals surface area contributed by atoms with Crippen molar-refractivity contribution in [2.75, 3.05) is 7.05 Å². The van der Waals surface area contributed by atoms with Crippen LogP contribution < -0.4 is 5.73 Å². The summed E-state index contributed by atoms with van der Waals surface area (Å²) in [7, 11) is 1.50. The van der Waals surface area contributed by atoms with E-state index in [2.05, 4.69) is 62.1 Å². The van der Waals surface area contributed by atoms with Crippen molar-refractivity contribution in [2.24, 2.45) is 5.73 Å². The molecule has 0 aliphatic carbocycles. The minimum atomic E-state index is 0.612. The summed E-state index contributed by atoms with van der Waals surface area (Å²) in [6, 6.07) is 10.8. The fourth-order valence-electron chi connectivity index (χ4n) is 1.69. The van der Waals surface area contributed by atoms with Gasteiger partial charge in [-0.05, 0) is 25.5 Å². The van der Waals surface area contributed by atoms with Crippen molar-refractivity contribution in [3.8, 4) is 0 Å². The number of rotatable bonds is 5. The summed E-state index contributed by atoms with van der Waals surface area (Å²) in [6.45, 7) is 4.43. The Labute approximate surface area is 100 Å². The Morgan fingerprint density at radius 3 is 2.25 bits per heavy atom. The summed E-state index contributed by atoms with van der Waals surface area (Å²) in [5.74, 6) is 0.612. The lowest BCUT2D eigenvalue weighted by Crippen LogP contribution is -1.93. The van der Waals surface area contributed by atoms with Gasteiger partial charge in [0.2, 0.25) is 0 Å². The average Bonchev–Trinajstić information content (AvgIpc) is 2.38. The van der Waals surface area contributed by atoms with Crippen molar-refractivity contribution in [1.82, 2.24) is 0 Å². The molecule has 1 nitrogen and oxygen atoms in total. The van der Waals surface area contributed by atoms with Crippen molar-refractivity contribution in [3.63, 3.8) is 0 Å². The van der Waals surface area contributed by atoms with Crippen molar-refractivity contribution < 1.29 is 0 Å². The standard InChI is InChI=1S/C14H20.CH5N/c1-3-5-10-13(9-4-2)14-11-7-6-8-12-14;1-2/h5-8,10-13H,3-4,9H2,1-2H3;2H2,1H3/b10-5-;. The molecule has 0 saturated carbocycles. The molecule has 0 radical (unpaired) electrons. The molecule has 90 valence electrons. The lowest BCUT2D eigenvalue weighted by Gasteiger charge is -2.11. The quantitative estimate of drug-likeness (QED) is 0.741. The maximum absolute atomic E-state index is 4.50. The van der Waals surface area contributed by atoms with Gasteiger partial charge in [-0.25, -0.2) is 0 Å². The molecule has 1 aromatic rings. The molecule has 1 unspecified atom stereocenters. The van der Waals surface area contributed by atoms with Crippen molar-refractivity contribution in [3.05, 3.63) is 48.0 Å². The Kier molecular flexibility index (Phi) is 9.73. The van der Waals surface area contributed by atoms with Crippen LogP contribution in [0.1, 0.15) is 44.6 Å². The van der Waals surface area contributed by atoms with Gasteiger partial charge in [-0.15, -0.1) is 0 Å². The molecule has 0 aliphatic heterocycles. The SMILES string of the molecule is CC/C=C\C(CCC)c1ccccc1.CN. The second kappa shape index (κ2) is 10.4. The molecule has 1 heteroatoms. The number of allylic oxidation sites excluding steroid dienone is 2. The summed E-state index contributed by atoms with van der Waals surface area (Å²) in [5, 5.41) is 0. The predicted octanol–water partition coefficient (Wildman–Crippen LogP) is 4.11. The summed E-state index contributed by atoms with van der Waals surface area (Å²) >= 11 is 0. The Balaban J connectivity index is 0.00000106. The van der Waals surface area contributed by atoms with Crippen LogP contribution in [0.4, 0.5) is 0 Å². The Morgan fingerprint density at radius 1 is 1.12 bits per heavy atom. The van der Waals surface area contributed by atoms with Gasteiger partial charge in [0, 0.05) is 5.92 Å². The van der Waals surface area contributed by atoms with E-state index in [0.717, 1.165) is 6.42 Å². The molecule has 0 bridgehead atoms. The lowest BCUT2D eigenvalue weighted by molar-refractivity contribution is 0.715. The minimum absolute atomic E-state index is 0.612. The van der Waals surface area contributed by atoms with Gasteiger partial charge in [-0.3, -0.25) is 0 Å². The lowest BCUT2D eigenvalue weighted by atomic mass is 9.94. The van der Waals surface area contributed by atoms with E-state index >= 15 is 0 Å². The first-order chi connectivity index (χ1) is 7.88. The molecule has 0 aliphatic rings. The van der Waals surface area contributed by atoms with Gasteiger partial charge in [0.05, 0.1) is 0 Å². The number of benzene rings is 1. The third-order valence-corrected chi connectivity index (χ3v) is 2.43. The topological polar surface area (TPSA) is 26.0 Å². The number of nitrogens with two attached hydrogens (primary N) is 1. The Bertz CT molecular complexity index is 264. The van der Waals surface area contributed by atoms with E-state index in [4.69, 9.17) is 0 Å². The molecular weight excluding hydrogens is 194 g/mol. The van der Waals surface area contributed by atoms with Gasteiger partial charge < -0.3 is 5.73 Å². The molecule has 0 spiro atoms. The second-order valence-corrected chi connectivity index (χ2v) is 3.64. The zero-order valence-electron chi connectivity index (χ0n) is 10.8. The summed E-state index contributed by atoms with van der Waals surface area (Å²) < 4.78 is 0. The molecular formula is C15H25N. The van der Waals surface area contributed by atoms with Gasteiger partial charge in [0.25, 0.3) is 0 Å². The van der Waals surface area contributed by atoms with E-state index in [-0.39, 0.29) is 0 Å². The third kappa shape index (κ3) is 5.72.